The summed E-state index contributed by atoms with van der Waals surface area (Å²) < 4.78 is 53.4. The number of nitrogens with two attached hydrogens (primary N) is 1. The quantitative estimate of drug-likeness (QED) is 0.186. The predicted octanol–water partition coefficient (Wildman–Crippen LogP) is -1.87. The molecule has 2 rings (SSSR count). The van der Waals surface area contributed by atoms with Gasteiger partial charge in [-0.3, -0.25) is 28.8 Å². The summed E-state index contributed by atoms with van der Waals surface area (Å²) in [5, 5.41) is 10.9. The first-order chi connectivity index (χ1) is 20.5. The van der Waals surface area contributed by atoms with Crippen molar-refractivity contribution in [2.24, 2.45) is 5.73 Å². The molecular weight excluding hydrogens is 602 g/mol. The topological polar surface area (TPSA) is 258 Å². The lowest BCUT2D eigenvalue weighted by Gasteiger charge is -2.47. The Bertz CT molecular complexity index is 1090. The van der Waals surface area contributed by atoms with Crippen LogP contribution in [0.3, 0.4) is 0 Å². The van der Waals surface area contributed by atoms with Gasteiger partial charge in [0, 0.05) is 41.5 Å². The first-order valence-corrected chi connectivity index (χ1v) is 13.1. The number of ether oxygens (including phenoxy) is 10. The van der Waals surface area contributed by atoms with Gasteiger partial charge in [-0.15, -0.1) is 0 Å². The van der Waals surface area contributed by atoms with Crippen molar-refractivity contribution < 1.29 is 86.0 Å². The second-order valence-corrected chi connectivity index (χ2v) is 9.51. The number of aliphatic hydroxyl groups is 1. The van der Waals surface area contributed by atoms with Gasteiger partial charge in [0.2, 0.25) is 0 Å². The van der Waals surface area contributed by atoms with Crippen LogP contribution in [-0.4, -0.2) is 122 Å². The molecule has 2 aliphatic rings. The fourth-order valence-corrected chi connectivity index (χ4v) is 4.43. The molecule has 0 aromatic rings. The number of carbonyl (C=O) groups excluding carboxylic acids is 7. The van der Waals surface area contributed by atoms with Crippen molar-refractivity contribution in [3.63, 3.8) is 0 Å². The third kappa shape index (κ3) is 10.6. The van der Waals surface area contributed by atoms with Crippen LogP contribution in [0.4, 0.5) is 4.79 Å². The van der Waals surface area contributed by atoms with E-state index in [0.717, 1.165) is 41.5 Å². The number of carbonyl (C=O) groups is 7. The number of aliphatic hydroxyl groups excluding tert-OH is 1. The highest BCUT2D eigenvalue weighted by Crippen LogP contribution is 2.34. The summed E-state index contributed by atoms with van der Waals surface area (Å²) in [6.07, 6.45) is -18.2. The van der Waals surface area contributed by atoms with Crippen molar-refractivity contribution in [1.82, 2.24) is 0 Å². The largest absolute Gasteiger partial charge is 0.463 e. The van der Waals surface area contributed by atoms with Gasteiger partial charge in [-0.2, -0.15) is 0 Å². The molecule has 3 N–H and O–H groups in total. The van der Waals surface area contributed by atoms with E-state index in [4.69, 9.17) is 53.1 Å². The Kier molecular flexibility index (Phi) is 13.2. The van der Waals surface area contributed by atoms with Crippen LogP contribution in [0.25, 0.3) is 0 Å². The summed E-state index contributed by atoms with van der Waals surface area (Å²) in [6, 6.07) is 0. The second kappa shape index (κ2) is 16.1. The van der Waals surface area contributed by atoms with Crippen LogP contribution in [0.5, 0.6) is 0 Å². The number of hydrogen-bond donors (Lipinski definition) is 2. The van der Waals surface area contributed by atoms with Crippen LogP contribution in [0, 0.1) is 0 Å². The van der Waals surface area contributed by atoms with Gasteiger partial charge in [-0.25, -0.2) is 4.79 Å². The van der Waals surface area contributed by atoms with Crippen molar-refractivity contribution in [2.45, 2.75) is 103 Å². The Morgan fingerprint density at radius 1 is 0.545 bits per heavy atom. The summed E-state index contributed by atoms with van der Waals surface area (Å²) in [5.41, 5.74) is 5.22. The molecule has 44 heavy (non-hydrogen) atoms. The molecule has 0 bridgehead atoms. The number of primary amides is 1. The van der Waals surface area contributed by atoms with Crippen LogP contribution >= 0.6 is 0 Å². The highest BCUT2D eigenvalue weighted by molar-refractivity contribution is 5.69. The van der Waals surface area contributed by atoms with Crippen LogP contribution in [0.1, 0.15) is 41.5 Å². The molecule has 0 unspecified atom stereocenters. The molecule has 0 saturated carbocycles. The summed E-state index contributed by atoms with van der Waals surface area (Å²) >= 11 is 0. The van der Waals surface area contributed by atoms with E-state index < -0.39 is 117 Å². The smallest absolute Gasteiger partial charge is 0.405 e. The number of hydrogen-bond acceptors (Lipinski definition) is 18. The van der Waals surface area contributed by atoms with Gasteiger partial charge in [0.05, 0.1) is 0 Å². The van der Waals surface area contributed by atoms with Crippen molar-refractivity contribution in [3.05, 3.63) is 0 Å². The second-order valence-electron chi connectivity index (χ2n) is 9.51. The van der Waals surface area contributed by atoms with Gasteiger partial charge in [0.25, 0.3) is 0 Å². The van der Waals surface area contributed by atoms with Gasteiger partial charge in [0.15, 0.2) is 49.2 Å². The van der Waals surface area contributed by atoms with E-state index in [1.807, 2.05) is 0 Å². The van der Waals surface area contributed by atoms with Gasteiger partial charge < -0.3 is 58.2 Å². The molecule has 19 heteroatoms. The Morgan fingerprint density at radius 3 is 1.34 bits per heavy atom. The molecule has 0 spiro atoms. The van der Waals surface area contributed by atoms with E-state index in [9.17, 15) is 38.7 Å². The van der Waals surface area contributed by atoms with E-state index in [1.165, 1.54) is 0 Å². The zero-order valence-corrected chi connectivity index (χ0v) is 24.7. The minimum absolute atomic E-state index is 0.548. The number of rotatable bonds is 11. The lowest BCUT2D eigenvalue weighted by molar-refractivity contribution is -0.362. The molecule has 1 amide bonds. The Morgan fingerprint density at radius 2 is 0.932 bits per heavy atom. The third-order valence-electron chi connectivity index (χ3n) is 5.85. The molecule has 0 aromatic heterocycles. The summed E-state index contributed by atoms with van der Waals surface area (Å²) in [7, 11) is 0. The molecule has 0 radical (unpaired) electrons. The molecule has 248 valence electrons. The van der Waals surface area contributed by atoms with Crippen molar-refractivity contribution in [2.75, 3.05) is 13.2 Å². The standard InChI is InChI=1S/C25H35NO18/c1-9(27)35-7-15-17(37-11(3)29)19(39-13(5)31)21(23(33)41-15)43-24-22(40-14(6)32)20(44-25(26)34)18(38-12(4)30)16(42-24)8-36-10(2)28/h15-24,33H,7-8H2,1-6H3,(H2,26,34)/t15-,16+,17+,18+,19-,20-,21-,22-,23-,24+/m1/s1. The molecule has 19 nitrogen and oxygen atoms in total. The fourth-order valence-electron chi connectivity index (χ4n) is 4.43. The van der Waals surface area contributed by atoms with E-state index in [1.54, 1.807) is 0 Å². The number of amides is 1. The Hall–Kier alpha value is -4.07. The summed E-state index contributed by atoms with van der Waals surface area (Å²) in [6.45, 7) is 5.00. The molecule has 2 fully saturated rings. The maximum absolute atomic E-state index is 12.1. The fraction of sp³-hybridized carbons (Fsp3) is 0.720. The third-order valence-corrected chi connectivity index (χ3v) is 5.85. The molecule has 2 heterocycles. The lowest BCUT2D eigenvalue weighted by atomic mass is 9.96. The van der Waals surface area contributed by atoms with Gasteiger partial charge >= 0.3 is 41.9 Å². The highest BCUT2D eigenvalue weighted by atomic mass is 16.8. The summed E-state index contributed by atoms with van der Waals surface area (Å²) in [5.74, 6) is -5.21. The van der Waals surface area contributed by atoms with E-state index in [0.29, 0.717) is 0 Å². The molecule has 0 aliphatic carbocycles. The molecule has 2 aliphatic heterocycles. The van der Waals surface area contributed by atoms with Crippen molar-refractivity contribution in [3.8, 4) is 0 Å². The summed E-state index contributed by atoms with van der Waals surface area (Å²) in [4.78, 5) is 82.9. The predicted molar refractivity (Wildman–Crippen MR) is 134 cm³/mol. The SMILES string of the molecule is CC(=O)OC[C@@H]1O[C@@H](O[C@@H]2[C@H](OC(C)=O)[C@@H](OC(C)=O)[C@@H](COC(C)=O)O[C@H]2O)[C@H](OC(C)=O)[C@H](OC(N)=O)[C@H]1OC(C)=O. The lowest BCUT2D eigenvalue weighted by Crippen LogP contribution is -2.67. The highest BCUT2D eigenvalue weighted by Gasteiger charge is 2.57. The van der Waals surface area contributed by atoms with Gasteiger partial charge in [-0.05, 0) is 0 Å². The van der Waals surface area contributed by atoms with Crippen LogP contribution in [-0.2, 0) is 76.1 Å². The average molecular weight is 638 g/mol. The first-order valence-electron chi connectivity index (χ1n) is 13.1. The van der Waals surface area contributed by atoms with E-state index in [2.05, 4.69) is 0 Å². The van der Waals surface area contributed by atoms with Crippen LogP contribution in [0.15, 0.2) is 0 Å². The van der Waals surface area contributed by atoms with Gasteiger partial charge in [0.1, 0.15) is 25.4 Å². The van der Waals surface area contributed by atoms with Crippen LogP contribution < -0.4 is 5.73 Å². The zero-order chi connectivity index (χ0) is 33.3. The monoisotopic (exact) mass is 637 g/mol. The average Bonchev–Trinajstić information content (AvgIpc) is 2.87. The maximum Gasteiger partial charge on any atom is 0.405 e. The molecular formula is C25H35NO18. The Labute approximate surface area is 250 Å². The first kappa shape index (κ1) is 36.1. The van der Waals surface area contributed by atoms with Crippen molar-refractivity contribution >= 4 is 41.9 Å². The van der Waals surface area contributed by atoms with Crippen molar-refractivity contribution in [1.29, 1.82) is 0 Å². The number of esters is 6. The normalized spacial score (nSPS) is 31.4. The minimum Gasteiger partial charge on any atom is -0.463 e. The molecule has 2 saturated heterocycles. The minimum atomic E-state index is -2.01. The molecule has 0 aromatic carbocycles. The Balaban J connectivity index is 2.59. The van der Waals surface area contributed by atoms with E-state index >= 15 is 0 Å². The van der Waals surface area contributed by atoms with Crippen LogP contribution in [0.2, 0.25) is 0 Å². The molecule has 10 atom stereocenters. The maximum atomic E-state index is 12.1. The van der Waals surface area contributed by atoms with Gasteiger partial charge in [-0.1, -0.05) is 0 Å². The van der Waals surface area contributed by atoms with E-state index in [-0.39, 0.29) is 0 Å². The zero-order valence-electron chi connectivity index (χ0n) is 24.7.